The van der Waals surface area contributed by atoms with E-state index < -0.39 is 11.4 Å². The van der Waals surface area contributed by atoms with Crippen molar-refractivity contribution in [3.8, 4) is 0 Å². The molecule has 0 saturated carbocycles. The Bertz CT molecular complexity index is 427. The first-order valence-electron chi connectivity index (χ1n) is 4.89. The average Bonchev–Trinajstić information content (AvgIpc) is 2.57. The minimum absolute atomic E-state index is 0.256. The van der Waals surface area contributed by atoms with Gasteiger partial charge in [-0.15, -0.1) is 0 Å². The molecular formula is C10H14Cl2N2O3. The van der Waals surface area contributed by atoms with Gasteiger partial charge in [-0.05, 0) is 13.0 Å². The number of nitrogens with zero attached hydrogens (tertiary/aromatic N) is 1. The van der Waals surface area contributed by atoms with E-state index in [4.69, 9.17) is 33.4 Å². The molecule has 7 heteroatoms. The molecule has 1 aromatic heterocycles. The summed E-state index contributed by atoms with van der Waals surface area (Å²) in [6.07, 6.45) is 0. The summed E-state index contributed by atoms with van der Waals surface area (Å²) in [5.74, 6) is -0.466. The van der Waals surface area contributed by atoms with Crippen LogP contribution in [-0.2, 0) is 7.05 Å². The molecule has 0 fully saturated rings. The highest BCUT2D eigenvalue weighted by Crippen LogP contribution is 2.25. The smallest absolute Gasteiger partial charge is 0.268 e. The summed E-state index contributed by atoms with van der Waals surface area (Å²) in [6, 6.07) is 1.42. The van der Waals surface area contributed by atoms with Crippen LogP contribution in [0.2, 0.25) is 10.2 Å². The number of aliphatic hydroxyl groups excluding tert-OH is 2. The maximum absolute atomic E-state index is 11.9. The quantitative estimate of drug-likeness (QED) is 0.764. The Hall–Kier alpha value is -0.750. The Morgan fingerprint density at radius 3 is 2.35 bits per heavy atom. The van der Waals surface area contributed by atoms with E-state index in [1.165, 1.54) is 17.6 Å². The molecule has 0 bridgehead atoms. The summed E-state index contributed by atoms with van der Waals surface area (Å²) in [4.78, 5) is 11.9. The predicted molar refractivity (Wildman–Crippen MR) is 65.5 cm³/mol. The van der Waals surface area contributed by atoms with E-state index in [2.05, 4.69) is 5.32 Å². The van der Waals surface area contributed by atoms with Gasteiger partial charge in [0.05, 0.1) is 23.8 Å². The molecule has 0 spiro atoms. The molecule has 5 nitrogen and oxygen atoms in total. The number of nitrogens with one attached hydrogen (secondary N) is 1. The number of aliphatic hydroxyl groups is 2. The van der Waals surface area contributed by atoms with Crippen molar-refractivity contribution >= 4 is 29.1 Å². The van der Waals surface area contributed by atoms with Gasteiger partial charge in [-0.3, -0.25) is 4.79 Å². The van der Waals surface area contributed by atoms with Crippen molar-refractivity contribution in [1.82, 2.24) is 9.88 Å². The molecule has 0 aliphatic heterocycles. The lowest BCUT2D eigenvalue weighted by molar-refractivity contribution is 0.0717. The van der Waals surface area contributed by atoms with Gasteiger partial charge in [0, 0.05) is 7.05 Å². The molecule has 17 heavy (non-hydrogen) atoms. The Labute approximate surface area is 109 Å². The second kappa shape index (κ2) is 5.27. The molecule has 3 N–H and O–H groups in total. The molecular weight excluding hydrogens is 267 g/mol. The van der Waals surface area contributed by atoms with Gasteiger partial charge < -0.3 is 20.1 Å². The average molecular weight is 281 g/mol. The lowest BCUT2D eigenvalue weighted by atomic mass is 10.1. The number of carbonyl (C=O) groups is 1. The number of rotatable bonds is 4. The zero-order valence-electron chi connectivity index (χ0n) is 9.50. The van der Waals surface area contributed by atoms with Crippen LogP contribution in [0.1, 0.15) is 17.4 Å². The Balaban J connectivity index is 2.94. The largest absolute Gasteiger partial charge is 0.394 e. The van der Waals surface area contributed by atoms with Gasteiger partial charge in [0.1, 0.15) is 10.8 Å². The van der Waals surface area contributed by atoms with Gasteiger partial charge in [-0.2, -0.15) is 0 Å². The third-order valence-electron chi connectivity index (χ3n) is 2.46. The van der Waals surface area contributed by atoms with Crippen LogP contribution in [-0.4, -0.2) is 39.4 Å². The summed E-state index contributed by atoms with van der Waals surface area (Å²) >= 11 is 11.6. The fraction of sp³-hybridized carbons (Fsp3) is 0.500. The van der Waals surface area contributed by atoms with Crippen molar-refractivity contribution in [3.63, 3.8) is 0 Å². The third-order valence-corrected chi connectivity index (χ3v) is 3.30. The third kappa shape index (κ3) is 2.93. The second-order valence-corrected chi connectivity index (χ2v) is 4.82. The maximum Gasteiger partial charge on any atom is 0.268 e. The molecule has 1 aromatic rings. The molecule has 0 aliphatic rings. The number of hydrogen-bond acceptors (Lipinski definition) is 3. The van der Waals surface area contributed by atoms with Crippen LogP contribution < -0.4 is 5.32 Å². The molecule has 1 amide bonds. The first kappa shape index (κ1) is 14.3. The fourth-order valence-electron chi connectivity index (χ4n) is 1.23. The van der Waals surface area contributed by atoms with Crippen LogP contribution in [0.25, 0.3) is 0 Å². The maximum atomic E-state index is 11.9. The highest BCUT2D eigenvalue weighted by atomic mass is 35.5. The lowest BCUT2D eigenvalue weighted by Gasteiger charge is -2.26. The molecule has 1 heterocycles. The fourth-order valence-corrected chi connectivity index (χ4v) is 1.60. The van der Waals surface area contributed by atoms with Crippen molar-refractivity contribution < 1.29 is 15.0 Å². The van der Waals surface area contributed by atoms with E-state index >= 15 is 0 Å². The lowest BCUT2D eigenvalue weighted by Crippen LogP contribution is -2.52. The van der Waals surface area contributed by atoms with Crippen LogP contribution in [0.15, 0.2) is 6.07 Å². The molecule has 1 rings (SSSR count). The Kier molecular flexibility index (Phi) is 4.43. The van der Waals surface area contributed by atoms with Crippen molar-refractivity contribution in [2.45, 2.75) is 12.5 Å². The van der Waals surface area contributed by atoms with Crippen molar-refractivity contribution in [2.75, 3.05) is 13.2 Å². The Morgan fingerprint density at radius 2 is 2.00 bits per heavy atom. The van der Waals surface area contributed by atoms with E-state index in [0.717, 1.165) is 0 Å². The molecule has 0 aliphatic carbocycles. The first-order valence-corrected chi connectivity index (χ1v) is 5.65. The minimum atomic E-state index is -1.08. The molecule has 0 atom stereocenters. The van der Waals surface area contributed by atoms with Crippen LogP contribution in [0.3, 0.4) is 0 Å². The Morgan fingerprint density at radius 1 is 1.47 bits per heavy atom. The summed E-state index contributed by atoms with van der Waals surface area (Å²) in [5.41, 5.74) is -0.826. The number of carbonyl (C=O) groups excluding carboxylic acids is 1. The molecule has 96 valence electrons. The number of hydrogen-bond donors (Lipinski definition) is 3. The zero-order chi connectivity index (χ0) is 13.2. The summed E-state index contributed by atoms with van der Waals surface area (Å²) in [6.45, 7) is 0.777. The minimum Gasteiger partial charge on any atom is -0.394 e. The van der Waals surface area contributed by atoms with Gasteiger partial charge in [0.15, 0.2) is 0 Å². The topological polar surface area (TPSA) is 74.5 Å². The van der Waals surface area contributed by atoms with Gasteiger partial charge in [-0.1, -0.05) is 23.2 Å². The normalized spacial score (nSPS) is 11.6. The van der Waals surface area contributed by atoms with Gasteiger partial charge in [0.2, 0.25) is 0 Å². The van der Waals surface area contributed by atoms with Crippen LogP contribution >= 0.6 is 23.2 Å². The number of amides is 1. The van der Waals surface area contributed by atoms with E-state index in [-0.39, 0.29) is 29.1 Å². The molecule has 0 radical (unpaired) electrons. The second-order valence-electron chi connectivity index (χ2n) is 4.06. The highest BCUT2D eigenvalue weighted by molar-refractivity contribution is 6.41. The summed E-state index contributed by atoms with van der Waals surface area (Å²) in [5, 5.41) is 21.2. The highest BCUT2D eigenvalue weighted by Gasteiger charge is 2.27. The summed E-state index contributed by atoms with van der Waals surface area (Å²) < 4.78 is 1.42. The van der Waals surface area contributed by atoms with E-state index in [1.807, 2.05) is 0 Å². The molecule has 0 aromatic carbocycles. The standard InChI is InChI=1S/C10H14Cl2N2O3/c1-10(4-15,5-16)13-9(17)7-3-6(11)8(12)14(7)2/h3,15-16H,4-5H2,1-2H3,(H,13,17). The van der Waals surface area contributed by atoms with Crippen LogP contribution in [0.4, 0.5) is 0 Å². The predicted octanol–water partition coefficient (Wildman–Crippen LogP) is 0.805. The van der Waals surface area contributed by atoms with Gasteiger partial charge in [0.25, 0.3) is 5.91 Å². The van der Waals surface area contributed by atoms with Crippen LogP contribution in [0, 0.1) is 0 Å². The van der Waals surface area contributed by atoms with Crippen LogP contribution in [0.5, 0.6) is 0 Å². The monoisotopic (exact) mass is 280 g/mol. The van der Waals surface area contributed by atoms with Crippen molar-refractivity contribution in [2.24, 2.45) is 7.05 Å². The first-order chi connectivity index (χ1) is 7.84. The SMILES string of the molecule is Cn1c(C(=O)NC(C)(CO)CO)cc(Cl)c1Cl. The zero-order valence-corrected chi connectivity index (χ0v) is 11.0. The molecule has 0 unspecified atom stereocenters. The van der Waals surface area contributed by atoms with Gasteiger partial charge >= 0.3 is 0 Å². The number of halogens is 2. The van der Waals surface area contributed by atoms with Gasteiger partial charge in [-0.25, -0.2) is 0 Å². The molecule has 0 saturated heterocycles. The van der Waals surface area contributed by atoms with E-state index in [9.17, 15) is 4.79 Å². The van der Waals surface area contributed by atoms with E-state index in [0.29, 0.717) is 0 Å². The van der Waals surface area contributed by atoms with Crippen molar-refractivity contribution in [3.05, 3.63) is 21.9 Å². The number of aromatic nitrogens is 1. The van der Waals surface area contributed by atoms with E-state index in [1.54, 1.807) is 7.05 Å². The van der Waals surface area contributed by atoms with Crippen molar-refractivity contribution in [1.29, 1.82) is 0 Å². The summed E-state index contributed by atoms with van der Waals surface area (Å²) in [7, 11) is 1.60.